The minimum absolute atomic E-state index is 0.0991. The summed E-state index contributed by atoms with van der Waals surface area (Å²) in [6, 6.07) is 13.2. The van der Waals surface area contributed by atoms with Gasteiger partial charge in [-0.1, -0.05) is 63.1 Å². The number of likely N-dealkylation sites (tertiary alicyclic amines) is 2. The van der Waals surface area contributed by atoms with Crippen LogP contribution in [-0.4, -0.2) is 153 Å². The molecule has 0 saturated carbocycles. The van der Waals surface area contributed by atoms with E-state index in [4.69, 9.17) is 0 Å². The highest BCUT2D eigenvalue weighted by molar-refractivity contribution is 7.88. The number of anilines is 2. The highest BCUT2D eigenvalue weighted by atomic mass is 32.2. The van der Waals surface area contributed by atoms with Crippen LogP contribution in [0.3, 0.4) is 0 Å². The topological polar surface area (TPSA) is 232 Å². The van der Waals surface area contributed by atoms with Crippen molar-refractivity contribution in [3.8, 4) is 0 Å². The summed E-state index contributed by atoms with van der Waals surface area (Å²) in [7, 11) is -5.85. The number of amides is 5. The molecule has 0 spiro atoms. The van der Waals surface area contributed by atoms with Crippen LogP contribution in [0.15, 0.2) is 60.7 Å². The first-order valence-corrected chi connectivity index (χ1v) is 26.7. The molecular weight excluding hydrogens is 889 g/mol. The number of carbonyl (C=O) groups excluding carboxylic acids is 6. The third kappa shape index (κ3) is 11.5. The molecule has 10 atom stereocenters. The first-order valence-electron chi connectivity index (χ1n) is 23.0. The van der Waals surface area contributed by atoms with Crippen LogP contribution in [0.5, 0.6) is 0 Å². The number of hydrogen-bond acceptors (Lipinski definition) is 11. The third-order valence-corrected chi connectivity index (χ3v) is 16.6. The van der Waals surface area contributed by atoms with Crippen molar-refractivity contribution in [1.82, 2.24) is 29.0 Å². The molecule has 0 radical (unpaired) electrons. The zero-order valence-corrected chi connectivity index (χ0v) is 40.4. The van der Waals surface area contributed by atoms with Gasteiger partial charge in [-0.15, -0.1) is 0 Å². The monoisotopic (exact) mass is 954 g/mol. The van der Waals surface area contributed by atoms with E-state index in [2.05, 4.69) is 21.3 Å². The predicted octanol–water partition coefficient (Wildman–Crippen LogP) is 2.26. The van der Waals surface area contributed by atoms with Crippen molar-refractivity contribution < 1.29 is 45.6 Å². The van der Waals surface area contributed by atoms with E-state index in [0.717, 1.165) is 12.5 Å². The largest absolute Gasteiger partial charge is 0.344 e. The molecule has 362 valence electrons. The van der Waals surface area contributed by atoms with Gasteiger partial charge in [0.15, 0.2) is 0 Å². The van der Waals surface area contributed by atoms with Crippen molar-refractivity contribution in [3.63, 3.8) is 0 Å². The van der Waals surface area contributed by atoms with Crippen LogP contribution in [0.4, 0.5) is 11.4 Å². The zero-order valence-electron chi connectivity index (χ0n) is 38.7. The van der Waals surface area contributed by atoms with E-state index in [1.807, 2.05) is 6.92 Å². The maximum atomic E-state index is 14.7. The number of nitrogens with zero attached hydrogens (tertiary/aromatic N) is 4. The molecule has 4 heterocycles. The number of fused-ring (bicyclic) bond motifs is 2. The van der Waals surface area contributed by atoms with Crippen molar-refractivity contribution in [2.24, 2.45) is 23.7 Å². The summed E-state index contributed by atoms with van der Waals surface area (Å²) in [5.41, 5.74) is 1.06. The van der Waals surface area contributed by atoms with Crippen LogP contribution in [0.2, 0.25) is 0 Å². The number of likely N-dealkylation sites (N-methyl/N-ethyl adjacent to an activating group) is 1. The normalized spacial score (nSPS) is 25.1. The number of ketones is 1. The van der Waals surface area contributed by atoms with Crippen LogP contribution in [-0.2, 0) is 48.8 Å². The maximum absolute atomic E-state index is 14.7. The molecule has 6 rings (SSSR count). The second-order valence-corrected chi connectivity index (χ2v) is 22.2. The Bertz CT molecular complexity index is 2160. The summed E-state index contributed by atoms with van der Waals surface area (Å²) in [5, 5.41) is 11.6. The Balaban J connectivity index is 1.21. The molecule has 0 aliphatic carbocycles. The smallest absolute Gasteiger partial charge is 0.245 e. The highest BCUT2D eigenvalue weighted by Crippen LogP contribution is 2.40. The Morgan fingerprint density at radius 2 is 1.14 bits per heavy atom. The number of benzene rings is 2. The van der Waals surface area contributed by atoms with Crippen LogP contribution >= 0.6 is 0 Å². The molecule has 4 N–H and O–H groups in total. The molecule has 4 aliphatic heterocycles. The maximum Gasteiger partial charge on any atom is 0.245 e. The Labute approximate surface area is 389 Å². The first kappa shape index (κ1) is 50.6. The predicted molar refractivity (Wildman–Crippen MR) is 250 cm³/mol. The number of para-hydroxylation sites is 2. The van der Waals surface area contributed by atoms with E-state index < -0.39 is 97.7 Å². The Hall–Kier alpha value is -4.76. The van der Waals surface area contributed by atoms with Crippen molar-refractivity contribution in [1.29, 1.82) is 0 Å². The van der Waals surface area contributed by atoms with Gasteiger partial charge in [-0.3, -0.25) is 28.8 Å². The van der Waals surface area contributed by atoms with E-state index in [0.29, 0.717) is 43.5 Å². The van der Waals surface area contributed by atoms with Gasteiger partial charge in [0.25, 0.3) is 0 Å². The Kier molecular flexibility index (Phi) is 16.5. The van der Waals surface area contributed by atoms with Gasteiger partial charge in [0.2, 0.25) is 49.6 Å². The number of unbranched alkanes of at least 4 members (excludes halogenated alkanes) is 1. The molecule has 18 nitrogen and oxygen atoms in total. The summed E-state index contributed by atoms with van der Waals surface area (Å²) in [6.45, 7) is 5.48. The van der Waals surface area contributed by atoms with Crippen LogP contribution < -0.4 is 21.3 Å². The fourth-order valence-corrected chi connectivity index (χ4v) is 12.5. The van der Waals surface area contributed by atoms with E-state index in [-0.39, 0.29) is 63.0 Å². The van der Waals surface area contributed by atoms with Gasteiger partial charge in [-0.25, -0.2) is 16.8 Å². The molecule has 0 unspecified atom stereocenters. The molecule has 4 aliphatic rings. The third-order valence-electron chi connectivity index (χ3n) is 14.0. The summed E-state index contributed by atoms with van der Waals surface area (Å²) in [4.78, 5) is 87.2. The molecular formula is C46H66N8O10S2. The van der Waals surface area contributed by atoms with Gasteiger partial charge in [-0.05, 0) is 70.3 Å². The van der Waals surface area contributed by atoms with Crippen molar-refractivity contribution in [3.05, 3.63) is 60.7 Å². The van der Waals surface area contributed by atoms with Gasteiger partial charge >= 0.3 is 0 Å². The highest BCUT2D eigenvalue weighted by Gasteiger charge is 2.57. The molecule has 20 heteroatoms. The average Bonchev–Trinajstić information content (AvgIpc) is 4.08. The fourth-order valence-electron chi connectivity index (χ4n) is 10.2. The second kappa shape index (κ2) is 21.5. The molecule has 66 heavy (non-hydrogen) atoms. The number of Topliss-reactive ketones (excluding diaryl/α,β-unsaturated/α-hetero) is 1. The van der Waals surface area contributed by atoms with Gasteiger partial charge in [0.1, 0.15) is 11.8 Å². The zero-order chi connectivity index (χ0) is 48.1. The van der Waals surface area contributed by atoms with Crippen LogP contribution in [0, 0.1) is 23.7 Å². The second-order valence-electron chi connectivity index (χ2n) is 18.4. The Morgan fingerprint density at radius 3 is 1.58 bits per heavy atom. The molecule has 2 aromatic carbocycles. The lowest BCUT2D eigenvalue weighted by Crippen LogP contribution is -2.54. The molecule has 0 aromatic heterocycles. The van der Waals surface area contributed by atoms with Gasteiger partial charge in [0.05, 0.1) is 42.5 Å². The number of hydrogen-bond donors (Lipinski definition) is 4. The van der Waals surface area contributed by atoms with Gasteiger partial charge in [0, 0.05) is 67.9 Å². The van der Waals surface area contributed by atoms with Gasteiger partial charge < -0.3 is 31.1 Å². The number of rotatable bonds is 20. The average molecular weight is 955 g/mol. The fraction of sp³-hybridized carbons (Fsp3) is 0.609. The Morgan fingerprint density at radius 1 is 0.682 bits per heavy atom. The summed E-state index contributed by atoms with van der Waals surface area (Å²) in [5.74, 6) is -5.15. The standard InChI is InChI=1S/C46H66N8O10S2/c1-7-29(2)42(56)50-36(46(60)52-25-23-38-41(52)35(28-54(38)66(6,63)64)44(58)49-33-19-12-9-13-20-33)21-15-14-16-31(26-39(55)30(3)47-4)45(59)51-24-22-37-40(51)34(27-53(37)65(5,61)62)43(57)48-32-17-10-8-11-18-32/h8-13,17-20,29-31,34-38,40-41,47H,7,14-16,21-28H2,1-6H3,(H,48,57)(H,49,58)(H,50,56)/t29-,30+,31-,34+,35+,36+,37-,38-,40-,41-/m1/s1. The summed E-state index contributed by atoms with van der Waals surface area (Å²) < 4.78 is 54.6. The lowest BCUT2D eigenvalue weighted by molar-refractivity contribution is -0.141. The molecule has 4 fully saturated rings. The van der Waals surface area contributed by atoms with E-state index in [9.17, 15) is 45.6 Å². The van der Waals surface area contributed by atoms with Crippen molar-refractivity contribution in [2.45, 2.75) is 108 Å². The number of carbonyl (C=O) groups is 6. The number of sulfonamides is 2. The van der Waals surface area contributed by atoms with Crippen molar-refractivity contribution >= 4 is 66.7 Å². The molecule has 4 saturated heterocycles. The van der Waals surface area contributed by atoms with E-state index in [1.165, 1.54) is 8.61 Å². The molecule has 2 aromatic rings. The summed E-state index contributed by atoms with van der Waals surface area (Å²) >= 11 is 0. The summed E-state index contributed by atoms with van der Waals surface area (Å²) in [6.07, 6.45) is 4.32. The molecule has 5 amide bonds. The minimum Gasteiger partial charge on any atom is -0.344 e. The van der Waals surface area contributed by atoms with Crippen LogP contribution in [0.1, 0.15) is 72.1 Å². The van der Waals surface area contributed by atoms with E-state index in [1.54, 1.807) is 91.4 Å². The first-order chi connectivity index (χ1) is 31.2. The molecule has 0 bridgehead atoms. The van der Waals surface area contributed by atoms with Crippen LogP contribution in [0.25, 0.3) is 0 Å². The number of nitrogens with one attached hydrogen (secondary N) is 4. The van der Waals surface area contributed by atoms with E-state index >= 15 is 0 Å². The quantitative estimate of drug-likeness (QED) is 0.141. The lowest BCUT2D eigenvalue weighted by Gasteiger charge is -2.32. The van der Waals surface area contributed by atoms with Gasteiger partial charge in [-0.2, -0.15) is 8.61 Å². The lowest BCUT2D eigenvalue weighted by atomic mass is 9.90. The van der Waals surface area contributed by atoms with Crippen molar-refractivity contribution in [2.75, 3.05) is 56.4 Å². The SMILES string of the molecule is CC[C@@H](C)C(=O)N[C@@H](CCCC[C@H](CC(=O)[C@H](C)NC)C(=O)N1CC[C@@H]2[C@H]1[C@@H](C(=O)Nc1ccccc1)CN2S(C)(=O)=O)C(=O)N1CC[C@@H]2[C@H]1[C@@H](C(=O)Nc1ccccc1)CN2S(C)(=O)=O. The minimum atomic E-state index is -3.75.